The lowest BCUT2D eigenvalue weighted by atomic mass is 9.82. The van der Waals surface area contributed by atoms with Gasteiger partial charge in [0.05, 0.1) is 0 Å². The zero-order chi connectivity index (χ0) is 40.8. The molecule has 0 bridgehead atoms. The smallest absolute Gasteiger partial charge is 0.135 e. The van der Waals surface area contributed by atoms with Crippen molar-refractivity contribution in [3.8, 4) is 44.5 Å². The van der Waals surface area contributed by atoms with E-state index in [9.17, 15) is 0 Å². The summed E-state index contributed by atoms with van der Waals surface area (Å²) in [6.07, 6.45) is 0. The Bertz CT molecular complexity index is 3620. The Balaban J connectivity index is 1.09. The molecule has 0 N–H and O–H groups in total. The average Bonchev–Trinajstić information content (AvgIpc) is 3.66. The maximum absolute atomic E-state index is 6.62. The molecule has 11 aromatic carbocycles. The van der Waals surface area contributed by atoms with Crippen LogP contribution in [0.1, 0.15) is 26.3 Å². The largest absolute Gasteiger partial charge is 0.456 e. The topological polar surface area (TPSA) is 13.1 Å². The zero-order valence-corrected chi connectivity index (χ0v) is 34.5. The SMILES string of the molecule is CC(C)(C)c1cccc(-c2c3ccccc3c(-c3ccc4oc5ccc(-c6c7ccccc7c(-c7cccc8ccccc78)c7ccccc67)cc5c4c3)c3ccccc23)c1. The molecule has 12 rings (SSSR count). The van der Waals surface area contributed by atoms with Gasteiger partial charge in [-0.25, -0.2) is 0 Å². The molecule has 1 nitrogen and oxygen atoms in total. The lowest BCUT2D eigenvalue weighted by Gasteiger charge is -2.22. The highest BCUT2D eigenvalue weighted by molar-refractivity contribution is 6.25. The van der Waals surface area contributed by atoms with Crippen LogP contribution in [0.25, 0.3) is 120 Å². The summed E-state index contributed by atoms with van der Waals surface area (Å²) in [5.41, 5.74) is 13.1. The minimum atomic E-state index is 0.0470. The van der Waals surface area contributed by atoms with Crippen molar-refractivity contribution in [3.05, 3.63) is 206 Å². The standard InChI is InChI=1S/C60H42O/c1-60(2,3)41-19-14-18-38(34-41)56-44-21-6-8-23-46(44)57(47-24-9-7-22-45(47)56)39-30-32-54-52(35-39)53-36-40(31-33-55(53)61-54)58-48-25-10-12-27-50(48)59(51-28-13-11-26-49(51)58)43-29-15-17-37-16-4-5-20-42(37)43/h4-36H,1-3H3. The van der Waals surface area contributed by atoms with Crippen LogP contribution >= 0.6 is 0 Å². The number of benzene rings is 11. The quantitative estimate of drug-likeness (QED) is 0.162. The Hall–Kier alpha value is -7.48. The van der Waals surface area contributed by atoms with Crippen LogP contribution in [-0.4, -0.2) is 0 Å². The lowest BCUT2D eigenvalue weighted by Crippen LogP contribution is -2.10. The summed E-state index contributed by atoms with van der Waals surface area (Å²) in [4.78, 5) is 0. The zero-order valence-electron chi connectivity index (χ0n) is 34.5. The van der Waals surface area contributed by atoms with Crippen molar-refractivity contribution in [2.24, 2.45) is 0 Å². The molecule has 0 fully saturated rings. The summed E-state index contributed by atoms with van der Waals surface area (Å²) in [6.45, 7) is 6.87. The summed E-state index contributed by atoms with van der Waals surface area (Å²) < 4.78 is 6.62. The van der Waals surface area contributed by atoms with Gasteiger partial charge in [0.15, 0.2) is 0 Å². The highest BCUT2D eigenvalue weighted by Crippen LogP contribution is 2.48. The molecule has 288 valence electrons. The molecule has 0 amide bonds. The molecule has 12 aromatic rings. The van der Waals surface area contributed by atoms with Crippen LogP contribution in [0, 0.1) is 0 Å². The van der Waals surface area contributed by atoms with E-state index in [-0.39, 0.29) is 5.41 Å². The first kappa shape index (κ1) is 35.5. The Morgan fingerprint density at radius 3 is 1.13 bits per heavy atom. The van der Waals surface area contributed by atoms with Crippen molar-refractivity contribution in [2.75, 3.05) is 0 Å². The van der Waals surface area contributed by atoms with Crippen molar-refractivity contribution < 1.29 is 4.42 Å². The number of rotatable bonds is 4. The van der Waals surface area contributed by atoms with Crippen LogP contribution in [0.2, 0.25) is 0 Å². The predicted octanol–water partition coefficient (Wildman–Crippen LogP) is 17.3. The number of hydrogen-bond donors (Lipinski definition) is 0. The fourth-order valence-electron chi connectivity index (χ4n) is 10.2. The Kier molecular flexibility index (Phi) is 7.86. The van der Waals surface area contributed by atoms with Gasteiger partial charge in [-0.2, -0.15) is 0 Å². The van der Waals surface area contributed by atoms with Gasteiger partial charge in [-0.05, 0) is 134 Å². The van der Waals surface area contributed by atoms with Gasteiger partial charge in [-0.15, -0.1) is 0 Å². The van der Waals surface area contributed by atoms with Gasteiger partial charge in [0.25, 0.3) is 0 Å². The molecule has 0 spiro atoms. The molecule has 1 heteroatoms. The molecular formula is C60H42O. The second-order valence-corrected chi connectivity index (χ2v) is 17.6. The molecule has 1 aromatic heterocycles. The fourth-order valence-corrected chi connectivity index (χ4v) is 10.2. The van der Waals surface area contributed by atoms with Gasteiger partial charge in [0, 0.05) is 10.8 Å². The summed E-state index contributed by atoms with van der Waals surface area (Å²) in [6, 6.07) is 73.8. The van der Waals surface area contributed by atoms with Crippen LogP contribution in [0.3, 0.4) is 0 Å². The molecule has 61 heavy (non-hydrogen) atoms. The average molecular weight is 779 g/mol. The molecule has 0 atom stereocenters. The Labute approximate surface area is 355 Å². The molecule has 0 unspecified atom stereocenters. The normalized spacial score (nSPS) is 12.2. The van der Waals surface area contributed by atoms with Gasteiger partial charge in [0.1, 0.15) is 11.2 Å². The maximum atomic E-state index is 6.62. The van der Waals surface area contributed by atoms with E-state index in [1.54, 1.807) is 0 Å². The van der Waals surface area contributed by atoms with Gasteiger partial charge < -0.3 is 4.42 Å². The van der Waals surface area contributed by atoms with Gasteiger partial charge >= 0.3 is 0 Å². The second-order valence-electron chi connectivity index (χ2n) is 17.6. The van der Waals surface area contributed by atoms with E-state index in [4.69, 9.17) is 4.42 Å². The van der Waals surface area contributed by atoms with E-state index in [2.05, 4.69) is 221 Å². The van der Waals surface area contributed by atoms with Gasteiger partial charge in [0.2, 0.25) is 0 Å². The highest BCUT2D eigenvalue weighted by Gasteiger charge is 2.22. The van der Waals surface area contributed by atoms with E-state index in [0.29, 0.717) is 0 Å². The predicted molar refractivity (Wildman–Crippen MR) is 262 cm³/mol. The molecule has 1 heterocycles. The summed E-state index contributed by atoms with van der Waals surface area (Å²) in [5, 5.41) is 14.7. The first-order valence-electron chi connectivity index (χ1n) is 21.3. The van der Waals surface area contributed by atoms with Crippen molar-refractivity contribution in [3.63, 3.8) is 0 Å². The number of fused-ring (bicyclic) bond motifs is 8. The van der Waals surface area contributed by atoms with Crippen LogP contribution < -0.4 is 0 Å². The van der Waals surface area contributed by atoms with Gasteiger partial charge in [-0.1, -0.05) is 197 Å². The van der Waals surface area contributed by atoms with Crippen LogP contribution in [0.5, 0.6) is 0 Å². The monoisotopic (exact) mass is 778 g/mol. The van der Waals surface area contributed by atoms with E-state index in [0.717, 1.165) is 21.9 Å². The van der Waals surface area contributed by atoms with Crippen molar-refractivity contribution in [2.45, 2.75) is 26.2 Å². The molecular weight excluding hydrogens is 737 g/mol. The summed E-state index contributed by atoms with van der Waals surface area (Å²) in [7, 11) is 0. The third-order valence-corrected chi connectivity index (χ3v) is 13.0. The third kappa shape index (κ3) is 5.54. The molecule has 0 aliphatic rings. The van der Waals surface area contributed by atoms with Crippen molar-refractivity contribution in [1.82, 2.24) is 0 Å². The van der Waals surface area contributed by atoms with Crippen LogP contribution in [0.15, 0.2) is 205 Å². The van der Waals surface area contributed by atoms with Crippen LogP contribution in [-0.2, 0) is 5.41 Å². The van der Waals surface area contributed by atoms with Crippen molar-refractivity contribution in [1.29, 1.82) is 0 Å². The number of hydrogen-bond acceptors (Lipinski definition) is 1. The summed E-state index contributed by atoms with van der Waals surface area (Å²) in [5.74, 6) is 0. The first-order chi connectivity index (χ1) is 29.9. The molecule has 0 aliphatic carbocycles. The molecule has 0 radical (unpaired) electrons. The second kappa shape index (κ2) is 13.5. The van der Waals surface area contributed by atoms with Crippen LogP contribution in [0.4, 0.5) is 0 Å². The molecule has 0 saturated carbocycles. The first-order valence-corrected chi connectivity index (χ1v) is 21.3. The molecule has 0 aliphatic heterocycles. The highest BCUT2D eigenvalue weighted by atomic mass is 16.3. The molecule has 0 saturated heterocycles. The van der Waals surface area contributed by atoms with E-state index >= 15 is 0 Å². The van der Waals surface area contributed by atoms with Crippen molar-refractivity contribution >= 4 is 75.8 Å². The van der Waals surface area contributed by atoms with E-state index in [1.807, 2.05) is 0 Å². The third-order valence-electron chi connectivity index (χ3n) is 13.0. The maximum Gasteiger partial charge on any atom is 0.135 e. The van der Waals surface area contributed by atoms with E-state index < -0.39 is 0 Å². The Morgan fingerprint density at radius 1 is 0.295 bits per heavy atom. The number of furan rings is 1. The lowest BCUT2D eigenvalue weighted by molar-refractivity contribution is 0.590. The fraction of sp³-hybridized carbons (Fsp3) is 0.0667. The summed E-state index contributed by atoms with van der Waals surface area (Å²) >= 11 is 0. The minimum absolute atomic E-state index is 0.0470. The Morgan fingerprint density at radius 2 is 0.672 bits per heavy atom. The minimum Gasteiger partial charge on any atom is -0.456 e. The van der Waals surface area contributed by atoms with Gasteiger partial charge in [-0.3, -0.25) is 0 Å². The van der Waals surface area contributed by atoms with E-state index in [1.165, 1.54) is 104 Å².